The van der Waals surface area contributed by atoms with E-state index in [1.807, 2.05) is 22.8 Å². The van der Waals surface area contributed by atoms with Gasteiger partial charge in [-0.15, -0.1) is 11.3 Å². The van der Waals surface area contributed by atoms with E-state index in [2.05, 4.69) is 34.5 Å². The van der Waals surface area contributed by atoms with Crippen LogP contribution in [0.4, 0.5) is 5.00 Å². The summed E-state index contributed by atoms with van der Waals surface area (Å²) < 4.78 is 7.70. The van der Waals surface area contributed by atoms with Crippen LogP contribution in [-0.2, 0) is 28.9 Å². The first kappa shape index (κ1) is 27.2. The van der Waals surface area contributed by atoms with Gasteiger partial charge < -0.3 is 19.5 Å². The first-order valence-corrected chi connectivity index (χ1v) is 15.8. The number of pyridine rings is 1. The molecule has 1 aromatic carbocycles. The number of hydrogen-bond acceptors (Lipinski definition) is 7. The van der Waals surface area contributed by atoms with Gasteiger partial charge in [0.1, 0.15) is 9.32 Å². The zero-order valence-electron chi connectivity index (χ0n) is 22.3. The Kier molecular flexibility index (Phi) is 7.83. The second-order valence-electron chi connectivity index (χ2n) is 10.8. The summed E-state index contributed by atoms with van der Waals surface area (Å²) in [6.45, 7) is 2.25. The van der Waals surface area contributed by atoms with Crippen molar-refractivity contribution in [3.8, 4) is 0 Å². The van der Waals surface area contributed by atoms with E-state index in [1.165, 1.54) is 35.8 Å². The Morgan fingerprint density at radius 2 is 1.93 bits per heavy atom. The second kappa shape index (κ2) is 11.5. The predicted octanol–water partition coefficient (Wildman–Crippen LogP) is 5.04. The number of thiophene rings is 1. The number of hydrogen-bond donors (Lipinski definition) is 1. The lowest BCUT2D eigenvalue weighted by molar-refractivity contribution is -0.113. The summed E-state index contributed by atoms with van der Waals surface area (Å²) in [6, 6.07) is 15.9. The standard InChI is InChI=1S/C30H31N3O4S3/c1-37-29(36)27-22-11-10-20(19-6-3-2-4-7-19)13-24(22)40-28(27)31-25(34)17-39-30(38)32-14-18-12-21(16-32)23-8-5-9-26(35)33(23)15-18/h2-9,18,20-21H,10-17H2,1H3,(H,31,34)/t18-,20+,21+/m1/s1. The van der Waals surface area contributed by atoms with Gasteiger partial charge in [-0.25, -0.2) is 4.79 Å². The van der Waals surface area contributed by atoms with Crippen LogP contribution in [0, 0.1) is 5.92 Å². The molecule has 4 heterocycles. The number of benzene rings is 1. The molecule has 0 saturated carbocycles. The topological polar surface area (TPSA) is 80.6 Å². The number of carbonyl (C=O) groups excluding carboxylic acids is 2. The fourth-order valence-corrected chi connectivity index (χ4v) is 8.74. The lowest BCUT2D eigenvalue weighted by Gasteiger charge is -2.43. The number of thiocarbonyl (C=S) groups is 1. The van der Waals surface area contributed by atoms with E-state index < -0.39 is 5.97 Å². The summed E-state index contributed by atoms with van der Waals surface area (Å²) in [5, 5.41) is 3.56. The minimum absolute atomic E-state index is 0.0615. The molecule has 7 nitrogen and oxygen atoms in total. The van der Waals surface area contributed by atoms with Crippen LogP contribution >= 0.6 is 35.3 Å². The predicted molar refractivity (Wildman–Crippen MR) is 164 cm³/mol. The van der Waals surface area contributed by atoms with Gasteiger partial charge in [0.05, 0.1) is 18.4 Å². The second-order valence-corrected chi connectivity index (χ2v) is 13.5. The van der Waals surface area contributed by atoms with Gasteiger partial charge in [-0.1, -0.05) is 60.4 Å². The molecule has 1 N–H and O–H groups in total. The highest BCUT2D eigenvalue weighted by Gasteiger charge is 2.36. The average molecular weight is 594 g/mol. The number of anilines is 1. The zero-order chi connectivity index (χ0) is 27.8. The van der Waals surface area contributed by atoms with Crippen molar-refractivity contribution < 1.29 is 14.3 Å². The van der Waals surface area contributed by atoms with Crippen LogP contribution in [-0.4, -0.2) is 51.6 Å². The van der Waals surface area contributed by atoms with Crippen LogP contribution in [0.15, 0.2) is 53.3 Å². The monoisotopic (exact) mass is 593 g/mol. The van der Waals surface area contributed by atoms with Gasteiger partial charge in [0.15, 0.2) is 0 Å². The molecule has 3 atom stereocenters. The summed E-state index contributed by atoms with van der Waals surface area (Å²) in [5.74, 6) is 0.575. The molecule has 2 aliphatic heterocycles. The largest absolute Gasteiger partial charge is 0.465 e. The number of fused-ring (bicyclic) bond motifs is 5. The molecule has 1 fully saturated rings. The zero-order valence-corrected chi connectivity index (χ0v) is 24.7. The number of piperidine rings is 1. The van der Waals surface area contributed by atoms with Crippen molar-refractivity contribution in [3.63, 3.8) is 0 Å². The van der Waals surface area contributed by atoms with E-state index in [1.54, 1.807) is 6.07 Å². The van der Waals surface area contributed by atoms with Crippen molar-refractivity contribution in [1.82, 2.24) is 9.47 Å². The minimum Gasteiger partial charge on any atom is -0.465 e. The molecular weight excluding hydrogens is 563 g/mol. The third-order valence-electron chi connectivity index (χ3n) is 8.24. The fourth-order valence-electron chi connectivity index (χ4n) is 6.43. The molecule has 40 heavy (non-hydrogen) atoms. The molecule has 10 heteroatoms. The van der Waals surface area contributed by atoms with Crippen molar-refractivity contribution in [2.24, 2.45) is 5.92 Å². The third kappa shape index (κ3) is 5.36. The van der Waals surface area contributed by atoms with Crippen molar-refractivity contribution >= 4 is 56.5 Å². The van der Waals surface area contributed by atoms with Crippen LogP contribution in [0.5, 0.6) is 0 Å². The van der Waals surface area contributed by atoms with Gasteiger partial charge in [0.25, 0.3) is 5.56 Å². The summed E-state index contributed by atoms with van der Waals surface area (Å²) in [4.78, 5) is 41.5. The first-order chi connectivity index (χ1) is 19.4. The van der Waals surface area contributed by atoms with Crippen LogP contribution in [0.2, 0.25) is 0 Å². The Balaban J connectivity index is 1.11. The number of esters is 1. The number of ether oxygens (including phenoxy) is 1. The van der Waals surface area contributed by atoms with E-state index in [0.29, 0.717) is 33.3 Å². The van der Waals surface area contributed by atoms with Crippen molar-refractivity contribution in [1.29, 1.82) is 0 Å². The summed E-state index contributed by atoms with van der Waals surface area (Å²) in [6.07, 6.45) is 3.62. The van der Waals surface area contributed by atoms with Gasteiger partial charge in [0.2, 0.25) is 5.91 Å². The maximum Gasteiger partial charge on any atom is 0.341 e. The highest BCUT2D eigenvalue weighted by molar-refractivity contribution is 8.23. The minimum atomic E-state index is -0.409. The molecule has 2 bridgehead atoms. The van der Waals surface area contributed by atoms with Gasteiger partial charge in [-0.2, -0.15) is 0 Å². The molecule has 3 aromatic rings. The van der Waals surface area contributed by atoms with E-state index in [9.17, 15) is 14.4 Å². The van der Waals surface area contributed by atoms with Crippen molar-refractivity contribution in [2.45, 2.75) is 44.1 Å². The first-order valence-electron chi connectivity index (χ1n) is 13.6. The summed E-state index contributed by atoms with van der Waals surface area (Å²) in [7, 11) is 1.38. The maximum absolute atomic E-state index is 13.1. The van der Waals surface area contributed by atoms with Crippen LogP contribution in [0.3, 0.4) is 0 Å². The molecule has 0 spiro atoms. The number of amides is 1. The summed E-state index contributed by atoms with van der Waals surface area (Å²) in [5.41, 5.74) is 3.93. The number of carbonyl (C=O) groups is 2. The molecule has 1 saturated heterocycles. The average Bonchev–Trinajstić information content (AvgIpc) is 3.33. The van der Waals surface area contributed by atoms with E-state index >= 15 is 0 Å². The van der Waals surface area contributed by atoms with E-state index in [0.717, 1.165) is 54.9 Å². The summed E-state index contributed by atoms with van der Waals surface area (Å²) >= 11 is 8.58. The molecule has 208 valence electrons. The van der Waals surface area contributed by atoms with Crippen LogP contribution in [0.1, 0.15) is 56.7 Å². The molecule has 0 radical (unpaired) electrons. The van der Waals surface area contributed by atoms with E-state index in [4.69, 9.17) is 17.0 Å². The Hall–Kier alpha value is -2.95. The Bertz CT molecular complexity index is 1520. The quantitative estimate of drug-likeness (QED) is 0.328. The number of likely N-dealkylation sites (tertiary alicyclic amines) is 1. The highest BCUT2D eigenvalue weighted by Crippen LogP contribution is 2.43. The Morgan fingerprint density at radius 3 is 2.73 bits per heavy atom. The van der Waals surface area contributed by atoms with Crippen molar-refractivity contribution in [2.75, 3.05) is 31.3 Å². The molecule has 1 amide bonds. The van der Waals surface area contributed by atoms with Gasteiger partial charge in [0, 0.05) is 42.2 Å². The smallest absolute Gasteiger partial charge is 0.341 e. The lowest BCUT2D eigenvalue weighted by atomic mass is 9.83. The molecule has 1 aliphatic carbocycles. The normalized spacial score (nSPS) is 21.2. The van der Waals surface area contributed by atoms with Crippen molar-refractivity contribution in [3.05, 3.63) is 86.1 Å². The van der Waals surface area contributed by atoms with Gasteiger partial charge in [-0.3, -0.25) is 9.59 Å². The number of thioether (sulfide) groups is 1. The fraction of sp³-hybridized carbons (Fsp3) is 0.400. The number of nitrogens with one attached hydrogen (secondary N) is 1. The number of nitrogens with zero attached hydrogens (tertiary/aromatic N) is 2. The van der Waals surface area contributed by atoms with Gasteiger partial charge >= 0.3 is 5.97 Å². The van der Waals surface area contributed by atoms with Crippen LogP contribution in [0.25, 0.3) is 0 Å². The SMILES string of the molecule is COC(=O)c1c(NC(=O)CSC(=S)N2C[C@H]3C[C@@H](C2)c2cccc(=O)n2C3)sc2c1CC[C@H](c1ccccc1)C2. The number of methoxy groups -OCH3 is 1. The lowest BCUT2D eigenvalue weighted by Crippen LogP contribution is -2.48. The molecule has 0 unspecified atom stereocenters. The highest BCUT2D eigenvalue weighted by atomic mass is 32.2. The molecular formula is C30H31N3O4S3. The molecule has 2 aromatic heterocycles. The van der Waals surface area contributed by atoms with Crippen LogP contribution < -0.4 is 10.9 Å². The maximum atomic E-state index is 13.1. The number of aromatic nitrogens is 1. The molecule has 6 rings (SSSR count). The number of rotatable bonds is 5. The molecule has 3 aliphatic rings. The Morgan fingerprint density at radius 1 is 1.10 bits per heavy atom. The third-order valence-corrected chi connectivity index (χ3v) is 10.9. The van der Waals surface area contributed by atoms with Gasteiger partial charge in [-0.05, 0) is 54.7 Å². The Labute approximate surface area is 246 Å². The van der Waals surface area contributed by atoms with E-state index in [-0.39, 0.29) is 23.1 Å².